The third kappa shape index (κ3) is 3.39. The van der Waals surface area contributed by atoms with Crippen molar-refractivity contribution in [3.8, 4) is 5.75 Å². The standard InChI is InChI=1S/C13H10ClFN2OS/c14-10-6-9(3-4-11(10)15)18-7-8-2-1-5-17-12(8)13(16)19/h1-6H,7H2,(H2,16,19). The third-order valence-electron chi connectivity index (χ3n) is 2.41. The Morgan fingerprint density at radius 1 is 1.42 bits per heavy atom. The number of thiocarbonyl (C=S) groups is 1. The molecule has 3 nitrogen and oxygen atoms in total. The Balaban J connectivity index is 2.14. The van der Waals surface area contributed by atoms with Crippen molar-refractivity contribution in [1.82, 2.24) is 4.98 Å². The van der Waals surface area contributed by atoms with Gasteiger partial charge < -0.3 is 10.5 Å². The predicted octanol–water partition coefficient (Wildman–Crippen LogP) is 3.09. The average molecular weight is 297 g/mol. The maximum atomic E-state index is 13.0. The molecular weight excluding hydrogens is 287 g/mol. The van der Waals surface area contributed by atoms with Gasteiger partial charge in [-0.1, -0.05) is 29.9 Å². The average Bonchev–Trinajstić information content (AvgIpc) is 2.40. The van der Waals surface area contributed by atoms with Crippen LogP contribution in [-0.4, -0.2) is 9.97 Å². The predicted molar refractivity (Wildman–Crippen MR) is 75.9 cm³/mol. The van der Waals surface area contributed by atoms with E-state index in [2.05, 4.69) is 4.98 Å². The SMILES string of the molecule is NC(=S)c1ncccc1COc1ccc(F)c(Cl)c1. The molecule has 0 unspecified atom stereocenters. The summed E-state index contributed by atoms with van der Waals surface area (Å²) in [6, 6.07) is 7.73. The number of hydrogen-bond donors (Lipinski definition) is 1. The van der Waals surface area contributed by atoms with Gasteiger partial charge >= 0.3 is 0 Å². The largest absolute Gasteiger partial charge is 0.489 e. The van der Waals surface area contributed by atoms with Gasteiger partial charge in [-0.05, 0) is 18.2 Å². The highest BCUT2D eigenvalue weighted by Gasteiger charge is 2.07. The highest BCUT2D eigenvalue weighted by molar-refractivity contribution is 7.80. The van der Waals surface area contributed by atoms with Crippen molar-refractivity contribution in [2.45, 2.75) is 6.61 Å². The molecule has 0 aliphatic heterocycles. The van der Waals surface area contributed by atoms with Crippen molar-refractivity contribution < 1.29 is 9.13 Å². The molecule has 0 spiro atoms. The summed E-state index contributed by atoms with van der Waals surface area (Å²) in [5.41, 5.74) is 6.85. The van der Waals surface area contributed by atoms with E-state index in [0.717, 1.165) is 5.56 Å². The summed E-state index contributed by atoms with van der Waals surface area (Å²) < 4.78 is 18.5. The molecular formula is C13H10ClFN2OS. The fourth-order valence-corrected chi connectivity index (χ4v) is 1.86. The van der Waals surface area contributed by atoms with Crippen molar-refractivity contribution in [2.75, 3.05) is 0 Å². The lowest BCUT2D eigenvalue weighted by Crippen LogP contribution is -2.15. The fraction of sp³-hybridized carbons (Fsp3) is 0.0769. The minimum atomic E-state index is -0.487. The lowest BCUT2D eigenvalue weighted by atomic mass is 10.2. The minimum Gasteiger partial charge on any atom is -0.489 e. The minimum absolute atomic E-state index is 0.0123. The summed E-state index contributed by atoms with van der Waals surface area (Å²) in [6.07, 6.45) is 1.60. The van der Waals surface area contributed by atoms with Crippen LogP contribution in [0.5, 0.6) is 5.75 Å². The zero-order valence-corrected chi connectivity index (χ0v) is 11.3. The second-order valence-corrected chi connectivity index (χ2v) is 4.59. The molecule has 2 aromatic rings. The Labute approximate surface area is 120 Å². The second-order valence-electron chi connectivity index (χ2n) is 3.74. The van der Waals surface area contributed by atoms with Gasteiger partial charge in [0.25, 0.3) is 0 Å². The monoisotopic (exact) mass is 296 g/mol. The Bertz CT molecular complexity index is 621. The van der Waals surface area contributed by atoms with Crippen LogP contribution < -0.4 is 10.5 Å². The molecule has 1 heterocycles. The smallest absolute Gasteiger partial charge is 0.142 e. The van der Waals surface area contributed by atoms with Crippen molar-refractivity contribution in [1.29, 1.82) is 0 Å². The van der Waals surface area contributed by atoms with Crippen LogP contribution >= 0.6 is 23.8 Å². The van der Waals surface area contributed by atoms with Gasteiger partial charge in [0.1, 0.15) is 28.9 Å². The van der Waals surface area contributed by atoms with Crippen LogP contribution in [0.2, 0.25) is 5.02 Å². The molecule has 1 aromatic carbocycles. The molecule has 0 radical (unpaired) electrons. The van der Waals surface area contributed by atoms with Gasteiger partial charge in [0.2, 0.25) is 0 Å². The van der Waals surface area contributed by atoms with Crippen molar-refractivity contribution in [3.63, 3.8) is 0 Å². The Kier molecular flexibility index (Phi) is 4.29. The Morgan fingerprint density at radius 3 is 2.89 bits per heavy atom. The second kappa shape index (κ2) is 5.95. The number of halogens is 2. The van der Waals surface area contributed by atoms with Crippen LogP contribution in [-0.2, 0) is 6.61 Å². The first-order valence-corrected chi connectivity index (χ1v) is 6.18. The summed E-state index contributed by atoms with van der Waals surface area (Å²) in [7, 11) is 0. The molecule has 0 saturated carbocycles. The molecule has 19 heavy (non-hydrogen) atoms. The number of pyridine rings is 1. The molecule has 6 heteroatoms. The van der Waals surface area contributed by atoms with Crippen LogP contribution in [0.4, 0.5) is 4.39 Å². The van der Waals surface area contributed by atoms with E-state index in [0.29, 0.717) is 11.4 Å². The summed E-state index contributed by atoms with van der Waals surface area (Å²) in [5.74, 6) is -0.0247. The maximum Gasteiger partial charge on any atom is 0.142 e. The summed E-state index contributed by atoms with van der Waals surface area (Å²) in [5, 5.41) is 0.0123. The zero-order chi connectivity index (χ0) is 13.8. The topological polar surface area (TPSA) is 48.1 Å². The lowest BCUT2D eigenvalue weighted by molar-refractivity contribution is 0.305. The molecule has 1 aromatic heterocycles. The van der Waals surface area contributed by atoms with Crippen LogP contribution in [0.25, 0.3) is 0 Å². The number of nitrogens with zero attached hydrogens (tertiary/aromatic N) is 1. The van der Waals surface area contributed by atoms with E-state index in [1.165, 1.54) is 18.2 Å². The number of aromatic nitrogens is 1. The molecule has 0 bridgehead atoms. The highest BCUT2D eigenvalue weighted by Crippen LogP contribution is 2.22. The van der Waals surface area contributed by atoms with Gasteiger partial charge in [-0.25, -0.2) is 4.39 Å². The van der Waals surface area contributed by atoms with Crippen LogP contribution in [0.3, 0.4) is 0 Å². The molecule has 0 fully saturated rings. The highest BCUT2D eigenvalue weighted by atomic mass is 35.5. The van der Waals surface area contributed by atoms with Gasteiger partial charge in [-0.15, -0.1) is 0 Å². The van der Waals surface area contributed by atoms with Crippen molar-refractivity contribution in [3.05, 3.63) is 58.6 Å². The van der Waals surface area contributed by atoms with Crippen LogP contribution in [0, 0.1) is 5.82 Å². The van der Waals surface area contributed by atoms with E-state index in [4.69, 9.17) is 34.3 Å². The molecule has 0 amide bonds. The van der Waals surface area contributed by atoms with Gasteiger partial charge in [0.05, 0.1) is 5.02 Å². The van der Waals surface area contributed by atoms with Crippen LogP contribution in [0.15, 0.2) is 36.5 Å². The number of hydrogen-bond acceptors (Lipinski definition) is 3. The number of ether oxygens (including phenoxy) is 1. The fourth-order valence-electron chi connectivity index (χ4n) is 1.50. The van der Waals surface area contributed by atoms with Crippen LogP contribution in [0.1, 0.15) is 11.3 Å². The molecule has 2 N–H and O–H groups in total. The molecule has 98 valence electrons. The van der Waals surface area contributed by atoms with E-state index in [-0.39, 0.29) is 16.6 Å². The Hall–Kier alpha value is -1.72. The zero-order valence-electron chi connectivity index (χ0n) is 9.77. The van der Waals surface area contributed by atoms with Gasteiger partial charge in [-0.3, -0.25) is 4.98 Å². The summed E-state index contributed by atoms with van der Waals surface area (Å²) in [4.78, 5) is 4.29. The number of rotatable bonds is 4. The van der Waals surface area contributed by atoms with Crippen molar-refractivity contribution in [2.24, 2.45) is 5.73 Å². The van der Waals surface area contributed by atoms with Gasteiger partial charge in [0.15, 0.2) is 0 Å². The first-order valence-electron chi connectivity index (χ1n) is 5.39. The Morgan fingerprint density at radius 2 is 2.21 bits per heavy atom. The number of nitrogens with two attached hydrogens (primary N) is 1. The van der Waals surface area contributed by atoms with Crippen molar-refractivity contribution >= 4 is 28.8 Å². The summed E-state index contributed by atoms with van der Waals surface area (Å²) >= 11 is 10.6. The molecule has 2 rings (SSSR count). The maximum absolute atomic E-state index is 13.0. The quantitative estimate of drug-likeness (QED) is 0.881. The normalized spacial score (nSPS) is 10.2. The molecule has 0 aliphatic carbocycles. The molecule has 0 saturated heterocycles. The lowest BCUT2D eigenvalue weighted by Gasteiger charge is -2.09. The molecule has 0 aliphatic rings. The van der Waals surface area contributed by atoms with E-state index in [1.54, 1.807) is 12.3 Å². The summed E-state index contributed by atoms with van der Waals surface area (Å²) in [6.45, 7) is 0.225. The van der Waals surface area contributed by atoms with E-state index >= 15 is 0 Å². The van der Waals surface area contributed by atoms with E-state index in [1.807, 2.05) is 6.07 Å². The van der Waals surface area contributed by atoms with Gasteiger partial charge in [-0.2, -0.15) is 0 Å². The first kappa shape index (κ1) is 13.7. The number of benzene rings is 1. The molecule has 0 atom stereocenters. The first-order chi connectivity index (χ1) is 9.08. The van der Waals surface area contributed by atoms with E-state index < -0.39 is 5.82 Å². The van der Waals surface area contributed by atoms with E-state index in [9.17, 15) is 4.39 Å². The third-order valence-corrected chi connectivity index (χ3v) is 2.89. The van der Waals surface area contributed by atoms with Gasteiger partial charge in [0, 0.05) is 17.8 Å².